The van der Waals surface area contributed by atoms with Gasteiger partial charge in [0, 0.05) is 19.0 Å². The second-order valence-electron chi connectivity index (χ2n) is 12.2. The average molecular weight is 712 g/mol. The third-order valence-electron chi connectivity index (χ3n) is 8.60. The van der Waals surface area contributed by atoms with Crippen molar-refractivity contribution >= 4 is 39.1 Å². The molecule has 0 radical (unpaired) electrons. The number of hydrogen-bond donors (Lipinski definition) is 1. The van der Waals surface area contributed by atoms with Crippen molar-refractivity contribution in [2.45, 2.75) is 68.7 Å². The molecule has 0 aromatic heterocycles. The zero-order valence-corrected chi connectivity index (χ0v) is 28.4. The van der Waals surface area contributed by atoms with Crippen LogP contribution in [0, 0.1) is 6.92 Å². The van der Waals surface area contributed by atoms with Crippen molar-refractivity contribution in [3.63, 3.8) is 0 Å². The van der Waals surface area contributed by atoms with E-state index in [1.165, 1.54) is 17.0 Å². The smallest absolute Gasteiger partial charge is 0.352 e. The van der Waals surface area contributed by atoms with Gasteiger partial charge in [0.2, 0.25) is 11.8 Å². The lowest BCUT2D eigenvalue weighted by Crippen LogP contribution is -2.54. The van der Waals surface area contributed by atoms with E-state index < -0.39 is 51.0 Å². The first-order valence-corrected chi connectivity index (χ1v) is 17.8. The monoisotopic (exact) mass is 711 g/mol. The summed E-state index contributed by atoms with van der Waals surface area (Å²) in [5.74, 6) is -1.16. The van der Waals surface area contributed by atoms with E-state index in [2.05, 4.69) is 5.32 Å². The SMILES string of the molecule is Cc1ccc(S(=O)(=O)N(CC(=O)N(Cc2ccccc2)[C@@H](Cc2ccccc2)C(=O)NC2CCCC2)c2ccc(Cl)c(C(F)(F)F)c2)cc1. The minimum Gasteiger partial charge on any atom is -0.352 e. The van der Waals surface area contributed by atoms with Gasteiger partial charge in [-0.1, -0.05) is 103 Å². The minimum atomic E-state index is -4.89. The van der Waals surface area contributed by atoms with Gasteiger partial charge in [0.1, 0.15) is 12.6 Å². The van der Waals surface area contributed by atoms with Gasteiger partial charge in [-0.2, -0.15) is 13.2 Å². The summed E-state index contributed by atoms with van der Waals surface area (Å²) in [6.07, 6.45) is -1.23. The lowest BCUT2D eigenvalue weighted by molar-refractivity contribution is -0.140. The molecule has 1 fully saturated rings. The number of carbonyl (C=O) groups is 2. The number of benzene rings is 4. The van der Waals surface area contributed by atoms with Crippen LogP contribution in [-0.4, -0.2) is 43.8 Å². The molecule has 5 rings (SSSR count). The molecular weight excluding hydrogens is 675 g/mol. The number of nitrogens with zero attached hydrogens (tertiary/aromatic N) is 2. The van der Waals surface area contributed by atoms with Gasteiger partial charge in [-0.3, -0.25) is 13.9 Å². The maximum atomic E-state index is 14.6. The molecule has 1 aliphatic carbocycles. The van der Waals surface area contributed by atoms with Crippen LogP contribution in [0.15, 0.2) is 108 Å². The normalized spacial score (nSPS) is 14.3. The second-order valence-corrected chi connectivity index (χ2v) is 14.5. The van der Waals surface area contributed by atoms with Crippen LogP contribution < -0.4 is 9.62 Å². The van der Waals surface area contributed by atoms with E-state index >= 15 is 0 Å². The van der Waals surface area contributed by atoms with Crippen molar-refractivity contribution in [2.24, 2.45) is 0 Å². The number of carbonyl (C=O) groups excluding carboxylic acids is 2. The van der Waals surface area contributed by atoms with Gasteiger partial charge in [0.15, 0.2) is 0 Å². The standard InChI is InChI=1S/C37H37ClF3N3O4S/c1-26-16-19-31(20-17-26)49(47,48)44(30-18-21-33(38)32(23-30)37(39,40)41)25-35(45)43(24-28-12-6-3-7-13-28)34(22-27-10-4-2-5-11-27)36(46)42-29-14-8-9-15-29/h2-7,10-13,16-21,23,29,34H,8-9,14-15,22,24-25H2,1H3,(H,42,46)/t34-/m0/s1. The Labute approximate surface area is 289 Å². The minimum absolute atomic E-state index is 0.0535. The van der Waals surface area contributed by atoms with E-state index in [0.29, 0.717) is 15.9 Å². The van der Waals surface area contributed by atoms with Crippen molar-refractivity contribution in [1.82, 2.24) is 10.2 Å². The number of alkyl halides is 3. The Hall–Kier alpha value is -4.35. The lowest BCUT2D eigenvalue weighted by atomic mass is 10.0. The maximum absolute atomic E-state index is 14.6. The molecule has 258 valence electrons. The predicted molar refractivity (Wildman–Crippen MR) is 183 cm³/mol. The zero-order chi connectivity index (χ0) is 35.2. The summed E-state index contributed by atoms with van der Waals surface area (Å²) in [5.41, 5.74) is 0.569. The van der Waals surface area contributed by atoms with Crippen LogP contribution in [0.1, 0.15) is 47.9 Å². The molecule has 0 spiro atoms. The second kappa shape index (κ2) is 15.5. The summed E-state index contributed by atoms with van der Waals surface area (Å²) >= 11 is 5.90. The van der Waals surface area contributed by atoms with E-state index in [9.17, 15) is 31.2 Å². The van der Waals surface area contributed by atoms with Gasteiger partial charge < -0.3 is 10.2 Å². The fourth-order valence-corrected chi connectivity index (χ4v) is 7.58. The van der Waals surface area contributed by atoms with E-state index in [4.69, 9.17) is 11.6 Å². The molecule has 2 amide bonds. The Balaban J connectivity index is 1.60. The highest BCUT2D eigenvalue weighted by molar-refractivity contribution is 7.92. The first-order valence-electron chi connectivity index (χ1n) is 16.0. The van der Waals surface area contributed by atoms with Crippen LogP contribution >= 0.6 is 11.6 Å². The van der Waals surface area contributed by atoms with Crippen molar-refractivity contribution in [3.8, 4) is 0 Å². The Bertz CT molecular complexity index is 1850. The molecule has 4 aromatic carbocycles. The molecule has 1 saturated carbocycles. The van der Waals surface area contributed by atoms with Gasteiger partial charge >= 0.3 is 6.18 Å². The predicted octanol–water partition coefficient (Wildman–Crippen LogP) is 7.56. The largest absolute Gasteiger partial charge is 0.417 e. The zero-order valence-electron chi connectivity index (χ0n) is 26.9. The summed E-state index contributed by atoms with van der Waals surface area (Å²) < 4.78 is 71.0. The van der Waals surface area contributed by atoms with Crippen LogP contribution in [0.3, 0.4) is 0 Å². The summed E-state index contributed by atoms with van der Waals surface area (Å²) in [4.78, 5) is 29.7. The number of halogens is 4. The topological polar surface area (TPSA) is 86.8 Å². The van der Waals surface area contributed by atoms with Gasteiger partial charge in [0.25, 0.3) is 10.0 Å². The number of sulfonamides is 1. The van der Waals surface area contributed by atoms with Crippen molar-refractivity contribution < 1.29 is 31.2 Å². The molecule has 0 unspecified atom stereocenters. The fraction of sp³-hybridized carbons (Fsp3) is 0.297. The van der Waals surface area contributed by atoms with E-state index in [0.717, 1.165) is 48.9 Å². The molecule has 0 aliphatic heterocycles. The Morgan fingerprint density at radius 3 is 2.06 bits per heavy atom. The molecule has 4 aromatic rings. The summed E-state index contributed by atoms with van der Waals surface area (Å²) in [6.45, 7) is 0.823. The van der Waals surface area contributed by atoms with Crippen LogP contribution in [-0.2, 0) is 38.8 Å². The van der Waals surface area contributed by atoms with Crippen LogP contribution in [0.2, 0.25) is 5.02 Å². The fourth-order valence-electron chi connectivity index (χ4n) is 5.95. The first kappa shape index (κ1) is 35.9. The van der Waals surface area contributed by atoms with Crippen LogP contribution in [0.4, 0.5) is 18.9 Å². The Morgan fingerprint density at radius 1 is 0.878 bits per heavy atom. The number of nitrogens with one attached hydrogen (secondary N) is 1. The molecule has 12 heteroatoms. The van der Waals surface area contributed by atoms with Gasteiger partial charge in [-0.25, -0.2) is 8.42 Å². The number of anilines is 1. The third-order valence-corrected chi connectivity index (χ3v) is 10.7. The van der Waals surface area contributed by atoms with Crippen molar-refractivity contribution in [3.05, 3.63) is 130 Å². The first-order chi connectivity index (χ1) is 23.3. The molecule has 49 heavy (non-hydrogen) atoms. The number of rotatable bonds is 12. The molecule has 1 N–H and O–H groups in total. The average Bonchev–Trinajstić information content (AvgIpc) is 3.59. The lowest BCUT2D eigenvalue weighted by Gasteiger charge is -2.34. The molecule has 7 nitrogen and oxygen atoms in total. The molecule has 1 atom stereocenters. The van der Waals surface area contributed by atoms with Gasteiger partial charge in [-0.05, 0) is 61.2 Å². The summed E-state index contributed by atoms with van der Waals surface area (Å²) in [6, 6.07) is 25.4. The quantitative estimate of drug-likeness (QED) is 0.164. The summed E-state index contributed by atoms with van der Waals surface area (Å²) in [7, 11) is -4.60. The summed E-state index contributed by atoms with van der Waals surface area (Å²) in [5, 5.41) is 2.47. The van der Waals surface area contributed by atoms with Crippen LogP contribution in [0.5, 0.6) is 0 Å². The van der Waals surface area contributed by atoms with Gasteiger partial charge in [0.05, 0.1) is 21.2 Å². The van der Waals surface area contributed by atoms with E-state index in [-0.39, 0.29) is 29.8 Å². The van der Waals surface area contributed by atoms with E-state index in [1.54, 1.807) is 49.4 Å². The van der Waals surface area contributed by atoms with Crippen molar-refractivity contribution in [1.29, 1.82) is 0 Å². The molecule has 0 bridgehead atoms. The number of hydrogen-bond acceptors (Lipinski definition) is 4. The molecule has 1 aliphatic rings. The highest BCUT2D eigenvalue weighted by Crippen LogP contribution is 2.38. The highest BCUT2D eigenvalue weighted by atomic mass is 35.5. The van der Waals surface area contributed by atoms with Crippen LogP contribution in [0.25, 0.3) is 0 Å². The molecule has 0 heterocycles. The highest BCUT2D eigenvalue weighted by Gasteiger charge is 2.38. The Morgan fingerprint density at radius 2 is 1.47 bits per heavy atom. The van der Waals surface area contributed by atoms with Crippen molar-refractivity contribution in [2.75, 3.05) is 10.8 Å². The molecule has 0 saturated heterocycles. The van der Waals surface area contributed by atoms with E-state index in [1.807, 2.05) is 30.3 Å². The third kappa shape index (κ3) is 9.01. The Kier molecular flexibility index (Phi) is 11.3. The number of amides is 2. The maximum Gasteiger partial charge on any atom is 0.417 e. The van der Waals surface area contributed by atoms with Gasteiger partial charge in [-0.15, -0.1) is 0 Å². The molecular formula is C37H37ClF3N3O4S. The number of aryl methyl sites for hydroxylation is 1.